The van der Waals surface area contributed by atoms with Crippen molar-refractivity contribution < 1.29 is 14.8 Å². The summed E-state index contributed by atoms with van der Waals surface area (Å²) >= 11 is 10.8. The van der Waals surface area contributed by atoms with Crippen molar-refractivity contribution >= 4 is 56.2 Å². The molecule has 0 fully saturated rings. The Labute approximate surface area is 136 Å². The minimum atomic E-state index is -1.28. The summed E-state index contributed by atoms with van der Waals surface area (Å²) < 4.78 is 0.951. The van der Waals surface area contributed by atoms with Crippen molar-refractivity contribution in [3.8, 4) is 0 Å². The second-order valence-corrected chi connectivity index (χ2v) is 6.93. The van der Waals surface area contributed by atoms with Gasteiger partial charge >= 0.3 is 5.97 Å². The number of rotatable bonds is 5. The molecule has 2 aromatic rings. The SMILES string of the molecule is O=C(O)c1cc([N+](=O)[O-])cc(Cl)c1NCc1ccc(Br)s1. The van der Waals surface area contributed by atoms with Gasteiger partial charge in [0.1, 0.15) is 0 Å². The van der Waals surface area contributed by atoms with Crippen LogP contribution in [0.5, 0.6) is 0 Å². The first-order chi connectivity index (χ1) is 9.88. The summed E-state index contributed by atoms with van der Waals surface area (Å²) in [5.74, 6) is -1.28. The van der Waals surface area contributed by atoms with Gasteiger partial charge in [-0.2, -0.15) is 0 Å². The monoisotopic (exact) mass is 390 g/mol. The fourth-order valence-corrected chi connectivity index (χ4v) is 3.37. The summed E-state index contributed by atoms with van der Waals surface area (Å²) in [4.78, 5) is 22.3. The largest absolute Gasteiger partial charge is 0.478 e. The minimum Gasteiger partial charge on any atom is -0.478 e. The third-order valence-corrected chi connectivity index (χ3v) is 4.51. The van der Waals surface area contributed by atoms with E-state index in [9.17, 15) is 20.0 Å². The van der Waals surface area contributed by atoms with Gasteiger partial charge in [-0.15, -0.1) is 11.3 Å². The molecule has 0 atom stereocenters. The van der Waals surface area contributed by atoms with Crippen LogP contribution in [0.15, 0.2) is 28.1 Å². The zero-order chi connectivity index (χ0) is 15.6. The fraction of sp³-hybridized carbons (Fsp3) is 0.0833. The predicted molar refractivity (Wildman–Crippen MR) is 84.4 cm³/mol. The highest BCUT2D eigenvalue weighted by atomic mass is 79.9. The fourth-order valence-electron chi connectivity index (χ4n) is 1.67. The number of carbonyl (C=O) groups is 1. The van der Waals surface area contributed by atoms with E-state index in [0.717, 1.165) is 20.8 Å². The summed E-state index contributed by atoms with van der Waals surface area (Å²) in [6.07, 6.45) is 0. The summed E-state index contributed by atoms with van der Waals surface area (Å²) in [6, 6.07) is 5.86. The van der Waals surface area contributed by atoms with E-state index in [1.807, 2.05) is 12.1 Å². The van der Waals surface area contributed by atoms with Crippen LogP contribution in [0.3, 0.4) is 0 Å². The highest BCUT2D eigenvalue weighted by molar-refractivity contribution is 9.11. The molecular formula is C12H8BrClN2O4S. The van der Waals surface area contributed by atoms with Crippen LogP contribution in [0.1, 0.15) is 15.2 Å². The number of carboxylic acids is 1. The molecule has 2 rings (SSSR count). The van der Waals surface area contributed by atoms with Crippen LogP contribution in [-0.4, -0.2) is 16.0 Å². The summed E-state index contributed by atoms with van der Waals surface area (Å²) in [7, 11) is 0. The van der Waals surface area contributed by atoms with Crippen LogP contribution in [0.25, 0.3) is 0 Å². The highest BCUT2D eigenvalue weighted by Gasteiger charge is 2.20. The van der Waals surface area contributed by atoms with E-state index in [4.69, 9.17) is 11.6 Å². The first-order valence-corrected chi connectivity index (χ1v) is 7.56. The number of anilines is 1. The molecule has 0 saturated carbocycles. The molecule has 0 aliphatic carbocycles. The van der Waals surface area contributed by atoms with E-state index >= 15 is 0 Å². The number of thiophene rings is 1. The Morgan fingerprint density at radius 3 is 2.71 bits per heavy atom. The average Bonchev–Trinajstić information content (AvgIpc) is 2.82. The van der Waals surface area contributed by atoms with Crippen molar-refractivity contribution in [2.24, 2.45) is 0 Å². The Morgan fingerprint density at radius 1 is 1.48 bits per heavy atom. The lowest BCUT2D eigenvalue weighted by Gasteiger charge is -2.10. The lowest BCUT2D eigenvalue weighted by atomic mass is 10.1. The lowest BCUT2D eigenvalue weighted by Crippen LogP contribution is -2.07. The third-order valence-electron chi connectivity index (χ3n) is 2.58. The quantitative estimate of drug-likeness (QED) is 0.583. The van der Waals surface area contributed by atoms with Gasteiger partial charge in [-0.1, -0.05) is 11.6 Å². The molecule has 1 heterocycles. The van der Waals surface area contributed by atoms with Gasteiger partial charge in [-0.05, 0) is 28.1 Å². The number of non-ortho nitro benzene ring substituents is 1. The number of nitrogens with one attached hydrogen (secondary N) is 1. The summed E-state index contributed by atoms with van der Waals surface area (Å²) in [6.45, 7) is 0.369. The van der Waals surface area contributed by atoms with Gasteiger partial charge in [0, 0.05) is 23.6 Å². The number of nitro groups is 1. The number of aromatic carboxylic acids is 1. The normalized spacial score (nSPS) is 10.4. The number of nitrogens with zero attached hydrogens (tertiary/aromatic N) is 1. The Morgan fingerprint density at radius 2 is 2.19 bits per heavy atom. The van der Waals surface area contributed by atoms with Crippen LogP contribution in [0.2, 0.25) is 5.02 Å². The number of hydrogen-bond donors (Lipinski definition) is 2. The molecule has 21 heavy (non-hydrogen) atoms. The summed E-state index contributed by atoms with van der Waals surface area (Å²) in [5, 5.41) is 22.8. The van der Waals surface area contributed by atoms with Gasteiger partial charge in [0.05, 0.1) is 25.0 Å². The van der Waals surface area contributed by atoms with Crippen LogP contribution < -0.4 is 5.32 Å². The number of nitro benzene ring substituents is 1. The van der Waals surface area contributed by atoms with Gasteiger partial charge in [-0.3, -0.25) is 10.1 Å². The third kappa shape index (κ3) is 3.72. The first-order valence-electron chi connectivity index (χ1n) is 5.58. The zero-order valence-corrected chi connectivity index (χ0v) is 13.5. The molecule has 1 aromatic heterocycles. The number of hydrogen-bond acceptors (Lipinski definition) is 5. The molecule has 2 N–H and O–H groups in total. The van der Waals surface area contributed by atoms with E-state index in [-0.39, 0.29) is 22.0 Å². The second-order valence-electron chi connectivity index (χ2n) is 3.97. The summed E-state index contributed by atoms with van der Waals surface area (Å²) in [5.41, 5.74) is -0.425. The molecule has 0 saturated heterocycles. The van der Waals surface area contributed by atoms with Crippen molar-refractivity contribution in [1.82, 2.24) is 0 Å². The molecule has 0 amide bonds. The van der Waals surface area contributed by atoms with E-state index in [1.165, 1.54) is 11.3 Å². The molecule has 6 nitrogen and oxygen atoms in total. The maximum absolute atomic E-state index is 11.2. The van der Waals surface area contributed by atoms with Crippen molar-refractivity contribution in [2.75, 3.05) is 5.32 Å². The Bertz CT molecular complexity index is 719. The van der Waals surface area contributed by atoms with E-state index in [0.29, 0.717) is 6.54 Å². The van der Waals surface area contributed by atoms with Gasteiger partial charge in [0.2, 0.25) is 0 Å². The molecule has 110 valence electrons. The molecule has 9 heteroatoms. The van der Waals surface area contributed by atoms with Crippen molar-refractivity contribution in [2.45, 2.75) is 6.54 Å². The smallest absolute Gasteiger partial charge is 0.338 e. The molecular weight excluding hydrogens is 384 g/mol. The minimum absolute atomic E-state index is 0.00257. The van der Waals surface area contributed by atoms with Crippen LogP contribution in [0.4, 0.5) is 11.4 Å². The van der Waals surface area contributed by atoms with Gasteiger partial charge < -0.3 is 10.4 Å². The molecule has 1 aromatic carbocycles. The molecule has 0 aliphatic rings. The van der Waals surface area contributed by atoms with E-state index in [2.05, 4.69) is 21.2 Å². The predicted octanol–water partition coefficient (Wildman–Crippen LogP) is 4.38. The van der Waals surface area contributed by atoms with E-state index < -0.39 is 10.9 Å². The Hall–Kier alpha value is -1.64. The molecule has 0 aliphatic heterocycles. The highest BCUT2D eigenvalue weighted by Crippen LogP contribution is 2.32. The van der Waals surface area contributed by atoms with Crippen molar-refractivity contribution in [1.29, 1.82) is 0 Å². The maximum atomic E-state index is 11.2. The van der Waals surface area contributed by atoms with Gasteiger partial charge in [-0.25, -0.2) is 4.79 Å². The van der Waals surface area contributed by atoms with Gasteiger partial charge in [0.15, 0.2) is 0 Å². The second kappa shape index (κ2) is 6.42. The molecule has 0 radical (unpaired) electrons. The molecule has 0 bridgehead atoms. The first kappa shape index (κ1) is 15.7. The zero-order valence-electron chi connectivity index (χ0n) is 10.3. The van der Waals surface area contributed by atoms with Gasteiger partial charge in [0.25, 0.3) is 5.69 Å². The Kier molecular flexibility index (Phi) is 4.81. The van der Waals surface area contributed by atoms with Crippen LogP contribution in [0, 0.1) is 10.1 Å². The number of carboxylic acid groups (broad SMARTS) is 1. The van der Waals surface area contributed by atoms with Crippen molar-refractivity contribution in [3.05, 3.63) is 53.6 Å². The molecule has 0 spiro atoms. The number of halogens is 2. The maximum Gasteiger partial charge on any atom is 0.338 e. The Balaban J connectivity index is 2.33. The standard InChI is InChI=1S/C12H8BrClN2O4S/c13-10-2-1-7(21-10)5-15-11-8(12(17)18)3-6(16(19)20)4-9(11)14/h1-4,15H,5H2,(H,17,18). The van der Waals surface area contributed by atoms with Crippen LogP contribution >= 0.6 is 38.9 Å². The van der Waals surface area contributed by atoms with Crippen LogP contribution in [-0.2, 0) is 6.54 Å². The topological polar surface area (TPSA) is 92.5 Å². The average molecular weight is 392 g/mol. The number of benzene rings is 1. The molecule has 0 unspecified atom stereocenters. The van der Waals surface area contributed by atoms with Crippen molar-refractivity contribution in [3.63, 3.8) is 0 Å². The van der Waals surface area contributed by atoms with E-state index in [1.54, 1.807) is 0 Å². The lowest BCUT2D eigenvalue weighted by molar-refractivity contribution is -0.384.